The molecule has 0 spiro atoms. The molecule has 0 saturated heterocycles. The highest BCUT2D eigenvalue weighted by Crippen LogP contribution is 2.13. The third kappa shape index (κ3) is 5.19. The zero-order valence-electron chi connectivity index (χ0n) is 12.9. The molecule has 0 bridgehead atoms. The normalized spacial score (nSPS) is 10.3. The summed E-state index contributed by atoms with van der Waals surface area (Å²) in [4.78, 5) is 25.3. The number of ether oxygens (including phenoxy) is 1. The molecule has 0 heterocycles. The summed E-state index contributed by atoms with van der Waals surface area (Å²) >= 11 is 0. The topological polar surface area (TPSA) is 66.8 Å². The van der Waals surface area contributed by atoms with Crippen LogP contribution < -0.4 is 0 Å². The van der Waals surface area contributed by atoms with E-state index >= 15 is 0 Å². The van der Waals surface area contributed by atoms with Crippen LogP contribution in [0.2, 0.25) is 0 Å². The largest absolute Gasteiger partial charge is 0.469 e. The van der Waals surface area contributed by atoms with Crippen molar-refractivity contribution >= 4 is 11.9 Å². The highest BCUT2D eigenvalue weighted by molar-refractivity contribution is 5.94. The monoisotopic (exact) mass is 293 g/mol. The van der Waals surface area contributed by atoms with E-state index in [1.54, 1.807) is 11.0 Å². The number of carbonyl (C=O) groups is 2. The zero-order valence-corrected chi connectivity index (χ0v) is 12.9. The highest BCUT2D eigenvalue weighted by atomic mass is 16.5. The summed E-state index contributed by atoms with van der Waals surface area (Å²) in [6.07, 6.45) is 0.635. The second-order valence-electron chi connectivity index (χ2n) is 4.99. The Labute approximate surface area is 125 Å². The Hall–Kier alpha value is -1.88. The molecule has 5 nitrogen and oxygen atoms in total. The number of hydrogen-bond donors (Lipinski definition) is 1. The number of esters is 1. The number of carbonyl (C=O) groups excluding carboxylic acids is 2. The van der Waals surface area contributed by atoms with Crippen molar-refractivity contribution in [3.63, 3.8) is 0 Å². The summed E-state index contributed by atoms with van der Waals surface area (Å²) in [5.74, 6) is -0.479. The summed E-state index contributed by atoms with van der Waals surface area (Å²) in [5.41, 5.74) is 2.78. The molecule has 1 rings (SSSR count). The Balaban J connectivity index is 2.82. The number of aliphatic hydroxyl groups excluding tert-OH is 1. The van der Waals surface area contributed by atoms with Gasteiger partial charge < -0.3 is 14.7 Å². The first-order chi connectivity index (χ1) is 9.99. The lowest BCUT2D eigenvalue weighted by atomic mass is 10.1. The lowest BCUT2D eigenvalue weighted by Crippen LogP contribution is -2.34. The second kappa shape index (κ2) is 8.42. The van der Waals surface area contributed by atoms with E-state index in [4.69, 9.17) is 5.11 Å². The molecule has 1 aromatic carbocycles. The Kier molecular flexibility index (Phi) is 6.88. The van der Waals surface area contributed by atoms with Crippen LogP contribution in [0.3, 0.4) is 0 Å². The minimum absolute atomic E-state index is 0.00886. The Morgan fingerprint density at radius 2 is 1.90 bits per heavy atom. The van der Waals surface area contributed by atoms with Crippen molar-refractivity contribution in [3.8, 4) is 0 Å². The van der Waals surface area contributed by atoms with Gasteiger partial charge in [-0.25, -0.2) is 0 Å². The van der Waals surface area contributed by atoms with Crippen LogP contribution in [0.1, 0.15) is 34.3 Å². The molecular formula is C16H23NO4. The quantitative estimate of drug-likeness (QED) is 0.777. The van der Waals surface area contributed by atoms with Crippen molar-refractivity contribution in [3.05, 3.63) is 34.9 Å². The molecular weight excluding hydrogens is 270 g/mol. The van der Waals surface area contributed by atoms with Crippen molar-refractivity contribution in [2.24, 2.45) is 0 Å². The first kappa shape index (κ1) is 17.2. The van der Waals surface area contributed by atoms with E-state index in [0.29, 0.717) is 25.1 Å². The average molecular weight is 293 g/mol. The van der Waals surface area contributed by atoms with Gasteiger partial charge >= 0.3 is 5.97 Å². The molecule has 0 saturated carbocycles. The van der Waals surface area contributed by atoms with Crippen molar-refractivity contribution in [2.75, 3.05) is 26.8 Å². The molecule has 0 atom stereocenters. The maximum atomic E-state index is 12.5. The van der Waals surface area contributed by atoms with Gasteiger partial charge in [0.05, 0.1) is 13.5 Å². The first-order valence-electron chi connectivity index (χ1n) is 7.03. The van der Waals surface area contributed by atoms with E-state index in [0.717, 1.165) is 11.1 Å². The summed E-state index contributed by atoms with van der Waals surface area (Å²) in [6.45, 7) is 4.66. The molecule has 0 aromatic heterocycles. The van der Waals surface area contributed by atoms with E-state index in [-0.39, 0.29) is 24.9 Å². The van der Waals surface area contributed by atoms with Gasteiger partial charge in [-0.05, 0) is 43.5 Å². The third-order valence-electron chi connectivity index (χ3n) is 3.44. The molecule has 0 aliphatic carbocycles. The zero-order chi connectivity index (χ0) is 15.8. The van der Waals surface area contributed by atoms with Gasteiger partial charge in [0.15, 0.2) is 0 Å². The number of methoxy groups -OCH3 is 1. The fraction of sp³-hybridized carbons (Fsp3) is 0.500. The number of nitrogens with zero attached hydrogens (tertiary/aromatic N) is 1. The lowest BCUT2D eigenvalue weighted by Gasteiger charge is -2.22. The van der Waals surface area contributed by atoms with Crippen LogP contribution in [0.15, 0.2) is 18.2 Å². The summed E-state index contributed by atoms with van der Waals surface area (Å²) in [5, 5.41) is 8.94. The SMILES string of the molecule is COC(=O)CCN(CCCO)C(=O)c1ccc(C)c(C)c1. The van der Waals surface area contributed by atoms with Crippen molar-refractivity contribution in [1.29, 1.82) is 0 Å². The van der Waals surface area contributed by atoms with Crippen LogP contribution in [-0.4, -0.2) is 48.7 Å². The molecule has 21 heavy (non-hydrogen) atoms. The van der Waals surface area contributed by atoms with Crippen LogP contribution in [-0.2, 0) is 9.53 Å². The Bertz CT molecular complexity index is 499. The highest BCUT2D eigenvalue weighted by Gasteiger charge is 2.17. The van der Waals surface area contributed by atoms with Gasteiger partial charge in [0.25, 0.3) is 5.91 Å². The molecule has 1 N–H and O–H groups in total. The minimum Gasteiger partial charge on any atom is -0.469 e. The maximum absolute atomic E-state index is 12.5. The lowest BCUT2D eigenvalue weighted by molar-refractivity contribution is -0.140. The molecule has 0 aliphatic heterocycles. The smallest absolute Gasteiger partial charge is 0.307 e. The summed E-state index contributed by atoms with van der Waals surface area (Å²) in [7, 11) is 1.32. The first-order valence-corrected chi connectivity index (χ1v) is 7.03. The van der Waals surface area contributed by atoms with E-state index < -0.39 is 0 Å². The maximum Gasteiger partial charge on any atom is 0.307 e. The number of aliphatic hydroxyl groups is 1. The average Bonchev–Trinajstić information content (AvgIpc) is 2.49. The predicted molar refractivity (Wildman–Crippen MR) is 80.2 cm³/mol. The van der Waals surface area contributed by atoms with Crippen LogP contribution in [0, 0.1) is 13.8 Å². The van der Waals surface area contributed by atoms with E-state index in [1.165, 1.54) is 7.11 Å². The van der Waals surface area contributed by atoms with Crippen LogP contribution in [0.25, 0.3) is 0 Å². The third-order valence-corrected chi connectivity index (χ3v) is 3.44. The molecule has 1 amide bonds. The van der Waals surface area contributed by atoms with Crippen LogP contribution >= 0.6 is 0 Å². The standard InChI is InChI=1S/C16H23NO4/c1-12-5-6-14(11-13(12)2)16(20)17(8-4-10-18)9-7-15(19)21-3/h5-6,11,18H,4,7-10H2,1-3H3. The van der Waals surface area contributed by atoms with Gasteiger partial charge in [-0.1, -0.05) is 6.07 Å². The predicted octanol–water partition coefficient (Wildman–Crippen LogP) is 1.69. The van der Waals surface area contributed by atoms with Gasteiger partial charge in [-0.3, -0.25) is 9.59 Å². The molecule has 5 heteroatoms. The molecule has 0 unspecified atom stereocenters. The van der Waals surface area contributed by atoms with Crippen molar-refractivity contribution < 1.29 is 19.4 Å². The van der Waals surface area contributed by atoms with E-state index in [2.05, 4.69) is 4.74 Å². The number of hydrogen-bond acceptors (Lipinski definition) is 4. The Morgan fingerprint density at radius 3 is 2.48 bits per heavy atom. The minimum atomic E-state index is -0.350. The molecule has 0 aliphatic rings. The van der Waals surface area contributed by atoms with Gasteiger partial charge in [-0.15, -0.1) is 0 Å². The molecule has 0 fully saturated rings. The van der Waals surface area contributed by atoms with Crippen molar-refractivity contribution in [1.82, 2.24) is 4.90 Å². The van der Waals surface area contributed by atoms with Crippen LogP contribution in [0.4, 0.5) is 0 Å². The molecule has 1 aromatic rings. The Morgan fingerprint density at radius 1 is 1.19 bits per heavy atom. The molecule has 0 radical (unpaired) electrons. The van der Waals surface area contributed by atoms with E-state index in [9.17, 15) is 9.59 Å². The number of aryl methyl sites for hydroxylation is 2. The molecule has 116 valence electrons. The van der Waals surface area contributed by atoms with E-state index in [1.807, 2.05) is 26.0 Å². The summed E-state index contributed by atoms with van der Waals surface area (Å²) < 4.78 is 4.60. The van der Waals surface area contributed by atoms with Gasteiger partial charge in [-0.2, -0.15) is 0 Å². The number of benzene rings is 1. The van der Waals surface area contributed by atoms with Gasteiger partial charge in [0.1, 0.15) is 0 Å². The van der Waals surface area contributed by atoms with Gasteiger partial charge in [0.2, 0.25) is 0 Å². The fourth-order valence-corrected chi connectivity index (χ4v) is 1.96. The summed E-state index contributed by atoms with van der Waals surface area (Å²) in [6, 6.07) is 5.55. The van der Waals surface area contributed by atoms with Crippen molar-refractivity contribution in [2.45, 2.75) is 26.7 Å². The van der Waals surface area contributed by atoms with Crippen LogP contribution in [0.5, 0.6) is 0 Å². The fourth-order valence-electron chi connectivity index (χ4n) is 1.96. The number of amides is 1. The van der Waals surface area contributed by atoms with Gasteiger partial charge in [0, 0.05) is 25.3 Å². The second-order valence-corrected chi connectivity index (χ2v) is 4.99. The number of rotatable bonds is 7.